The molecule has 1 aromatic heterocycles. The smallest absolute Gasteiger partial charge is 0.328 e. The summed E-state index contributed by atoms with van der Waals surface area (Å²) in [6.45, 7) is 5.03. The van der Waals surface area contributed by atoms with E-state index >= 15 is 0 Å². The average Bonchev–Trinajstić information content (AvgIpc) is 3.41. The molecule has 5 atom stereocenters. The molecule has 3 aromatic rings. The molecule has 5 rings (SSSR count). The highest BCUT2D eigenvalue weighted by Gasteiger charge is 2.49. The Morgan fingerprint density at radius 2 is 1.74 bits per heavy atom. The molecule has 0 fully saturated rings. The number of nitrogens with one attached hydrogen (secondary N) is 3. The van der Waals surface area contributed by atoms with Crippen molar-refractivity contribution in [1.29, 1.82) is 0 Å². The molecule has 0 saturated heterocycles. The lowest BCUT2D eigenvalue weighted by Gasteiger charge is -2.38. The molecule has 0 unspecified atom stereocenters. The lowest BCUT2D eigenvalue weighted by Crippen LogP contribution is -2.59. The van der Waals surface area contributed by atoms with Crippen LogP contribution in [0.15, 0.2) is 48.5 Å². The molecule has 10 nitrogen and oxygen atoms in total. The quantitative estimate of drug-likeness (QED) is 0.300. The molecule has 2 aromatic carbocycles. The van der Waals surface area contributed by atoms with Gasteiger partial charge in [0.25, 0.3) is 5.91 Å². The molecule has 3 amide bonds. The maximum absolute atomic E-state index is 13.9. The largest absolute Gasteiger partial charge is 0.480 e. The van der Waals surface area contributed by atoms with Gasteiger partial charge < -0.3 is 30.7 Å². The van der Waals surface area contributed by atoms with E-state index in [2.05, 4.69) is 15.6 Å². The first-order valence-electron chi connectivity index (χ1n) is 13.1. The normalized spacial score (nSPS) is 20.1. The van der Waals surface area contributed by atoms with Crippen LogP contribution < -0.4 is 10.6 Å². The van der Waals surface area contributed by atoms with Crippen LogP contribution in [0.1, 0.15) is 60.4 Å². The van der Waals surface area contributed by atoms with E-state index in [-0.39, 0.29) is 24.7 Å². The first kappa shape index (κ1) is 26.4. The molecule has 0 radical (unpaired) electrons. The van der Waals surface area contributed by atoms with Crippen LogP contribution in [0.3, 0.4) is 0 Å². The van der Waals surface area contributed by atoms with Crippen molar-refractivity contribution in [2.45, 2.75) is 63.9 Å². The van der Waals surface area contributed by atoms with Gasteiger partial charge in [0.2, 0.25) is 11.8 Å². The number of aliphatic hydroxyl groups is 1. The summed E-state index contributed by atoms with van der Waals surface area (Å²) in [5.41, 5.74) is 4.07. The molecule has 204 valence electrons. The second-order valence-electron chi connectivity index (χ2n) is 10.7. The lowest BCUT2D eigenvalue weighted by molar-refractivity contribution is -0.145. The van der Waals surface area contributed by atoms with Crippen LogP contribution in [-0.4, -0.2) is 68.0 Å². The predicted octanol–water partition coefficient (Wildman–Crippen LogP) is 2.12. The maximum atomic E-state index is 13.9. The first-order valence-corrected chi connectivity index (χ1v) is 13.1. The highest BCUT2D eigenvalue weighted by Crippen LogP contribution is 2.46. The molecule has 0 spiro atoms. The number of aliphatic carboxylic acids is 1. The van der Waals surface area contributed by atoms with Gasteiger partial charge in [-0.25, -0.2) is 4.79 Å². The minimum absolute atomic E-state index is 0.00660. The number of hydrogen-bond acceptors (Lipinski definition) is 5. The van der Waals surface area contributed by atoms with Crippen molar-refractivity contribution in [3.8, 4) is 0 Å². The van der Waals surface area contributed by atoms with E-state index in [0.29, 0.717) is 5.56 Å². The zero-order valence-corrected chi connectivity index (χ0v) is 22.0. The van der Waals surface area contributed by atoms with E-state index in [0.717, 1.165) is 27.7 Å². The maximum Gasteiger partial charge on any atom is 0.328 e. The number of aliphatic hydroxyl groups excluding tert-OH is 1. The minimum Gasteiger partial charge on any atom is -0.480 e. The van der Waals surface area contributed by atoms with Gasteiger partial charge in [-0.3, -0.25) is 14.4 Å². The Bertz CT molecular complexity index is 1460. The lowest BCUT2D eigenvalue weighted by atomic mass is 9.89. The summed E-state index contributed by atoms with van der Waals surface area (Å²) in [5, 5.41) is 25.4. The number of aromatic nitrogens is 1. The average molecular weight is 533 g/mol. The summed E-state index contributed by atoms with van der Waals surface area (Å²) in [7, 11) is 0. The summed E-state index contributed by atoms with van der Waals surface area (Å²) < 4.78 is 0. The standard InChI is InChI=1S/C29H32N4O6/c1-14(2)12-21(26(35)32-23(15(3)34)29(38)39)31-27(36)22-13-19-16-8-6-7-11-20(16)30-24(19)25-17-9-4-5-10-18(17)28(37)33(22)25/h4-11,14-15,21-23,25,30,34H,12-13H2,1-3H3,(H,31,36)(H,32,35)(H,38,39)/t15-,21-,22-,23+,25-/m0/s1. The Labute approximate surface area is 225 Å². The van der Waals surface area contributed by atoms with Gasteiger partial charge in [-0.1, -0.05) is 50.2 Å². The van der Waals surface area contributed by atoms with E-state index in [1.165, 1.54) is 6.92 Å². The summed E-state index contributed by atoms with van der Waals surface area (Å²) in [4.78, 5) is 57.2. The zero-order chi connectivity index (χ0) is 28.0. The number of H-pyrrole nitrogens is 1. The van der Waals surface area contributed by atoms with Gasteiger partial charge in [0.1, 0.15) is 12.1 Å². The third-order valence-electron chi connectivity index (χ3n) is 7.54. The van der Waals surface area contributed by atoms with Crippen molar-refractivity contribution >= 4 is 34.6 Å². The van der Waals surface area contributed by atoms with Gasteiger partial charge in [-0.2, -0.15) is 0 Å². The van der Waals surface area contributed by atoms with Gasteiger partial charge >= 0.3 is 5.97 Å². The van der Waals surface area contributed by atoms with E-state index in [9.17, 15) is 29.4 Å². The minimum atomic E-state index is -1.52. The Morgan fingerprint density at radius 3 is 2.44 bits per heavy atom. The first-order chi connectivity index (χ1) is 18.6. The SMILES string of the molecule is CC(C)C[C@H](NC(=O)[C@@H]1Cc2c([nH]c3ccccc23)[C@@H]2c3ccccc3C(=O)N21)C(=O)N[C@@H](C(=O)O)[C@H](C)O. The molecular weight excluding hydrogens is 500 g/mol. The van der Waals surface area contributed by atoms with Gasteiger partial charge in [0.05, 0.1) is 12.1 Å². The van der Waals surface area contributed by atoms with E-state index < -0.39 is 48.1 Å². The van der Waals surface area contributed by atoms with Crippen LogP contribution in [0.2, 0.25) is 0 Å². The van der Waals surface area contributed by atoms with Gasteiger partial charge in [-0.05, 0) is 42.5 Å². The number of carbonyl (C=O) groups is 4. The number of carboxylic acids is 1. The second kappa shape index (κ2) is 10.2. The molecule has 5 N–H and O–H groups in total. The van der Waals surface area contributed by atoms with Crippen molar-refractivity contribution in [2.75, 3.05) is 0 Å². The van der Waals surface area contributed by atoms with Crippen LogP contribution in [0.4, 0.5) is 0 Å². The van der Waals surface area contributed by atoms with Crippen LogP contribution >= 0.6 is 0 Å². The van der Waals surface area contributed by atoms with E-state index in [1.54, 1.807) is 17.0 Å². The fourth-order valence-electron chi connectivity index (χ4n) is 5.75. The van der Waals surface area contributed by atoms with E-state index in [1.807, 2.05) is 50.2 Å². The second-order valence-corrected chi connectivity index (χ2v) is 10.7. The Balaban J connectivity index is 1.50. The Kier molecular flexibility index (Phi) is 6.90. The molecule has 0 aliphatic carbocycles. The number of nitrogens with zero attached hydrogens (tertiary/aromatic N) is 1. The predicted molar refractivity (Wildman–Crippen MR) is 143 cm³/mol. The number of hydrogen-bond donors (Lipinski definition) is 5. The number of aromatic amines is 1. The van der Waals surface area contributed by atoms with Crippen LogP contribution in [0.5, 0.6) is 0 Å². The number of para-hydroxylation sites is 1. The highest BCUT2D eigenvalue weighted by atomic mass is 16.4. The fourth-order valence-corrected chi connectivity index (χ4v) is 5.75. The molecule has 2 aliphatic rings. The topological polar surface area (TPSA) is 152 Å². The number of amides is 3. The zero-order valence-electron chi connectivity index (χ0n) is 22.0. The van der Waals surface area contributed by atoms with E-state index in [4.69, 9.17) is 0 Å². The van der Waals surface area contributed by atoms with Crippen LogP contribution in [0.25, 0.3) is 10.9 Å². The van der Waals surface area contributed by atoms with Gasteiger partial charge in [-0.15, -0.1) is 0 Å². The number of benzene rings is 2. The van der Waals surface area contributed by atoms with Crippen molar-refractivity contribution in [2.24, 2.45) is 5.92 Å². The number of carboxylic acid groups (broad SMARTS) is 1. The van der Waals surface area contributed by atoms with Gasteiger partial charge in [0.15, 0.2) is 6.04 Å². The summed E-state index contributed by atoms with van der Waals surface area (Å²) in [5.74, 6) is -2.85. The molecule has 10 heteroatoms. The Hall–Kier alpha value is -4.18. The van der Waals surface area contributed by atoms with Crippen molar-refractivity contribution in [1.82, 2.24) is 20.5 Å². The molecule has 39 heavy (non-hydrogen) atoms. The number of carbonyl (C=O) groups excluding carboxylic acids is 3. The molecule has 2 aliphatic heterocycles. The van der Waals surface area contributed by atoms with Crippen LogP contribution in [-0.2, 0) is 20.8 Å². The molecule has 0 saturated carbocycles. The van der Waals surface area contributed by atoms with Crippen molar-refractivity contribution in [3.63, 3.8) is 0 Å². The van der Waals surface area contributed by atoms with Crippen LogP contribution in [0, 0.1) is 5.92 Å². The third-order valence-corrected chi connectivity index (χ3v) is 7.54. The molecular formula is C29H32N4O6. The van der Waals surface area contributed by atoms with Crippen molar-refractivity contribution in [3.05, 3.63) is 70.9 Å². The molecule has 0 bridgehead atoms. The third kappa shape index (κ3) is 4.65. The Morgan fingerprint density at radius 1 is 1.05 bits per heavy atom. The monoisotopic (exact) mass is 532 g/mol. The van der Waals surface area contributed by atoms with Gasteiger partial charge in [0, 0.05) is 28.6 Å². The summed E-state index contributed by atoms with van der Waals surface area (Å²) in [6.07, 6.45) is -0.836. The molecule has 3 heterocycles. The number of fused-ring (bicyclic) bond motifs is 7. The highest BCUT2D eigenvalue weighted by molar-refractivity contribution is 6.04. The summed E-state index contributed by atoms with van der Waals surface area (Å²) in [6, 6.07) is 11.1. The fraction of sp³-hybridized carbons (Fsp3) is 0.379. The number of rotatable bonds is 8. The summed E-state index contributed by atoms with van der Waals surface area (Å²) >= 11 is 0. The van der Waals surface area contributed by atoms with Crippen molar-refractivity contribution < 1.29 is 29.4 Å².